The summed E-state index contributed by atoms with van der Waals surface area (Å²) >= 11 is 0. The van der Waals surface area contributed by atoms with Crippen molar-refractivity contribution in [1.82, 2.24) is 5.32 Å². The van der Waals surface area contributed by atoms with Crippen LogP contribution in [0.4, 0.5) is 0 Å². The Morgan fingerprint density at radius 1 is 0.833 bits per heavy atom. The Labute approximate surface area is 115 Å². The topological polar surface area (TPSA) is 12.0 Å². The maximum absolute atomic E-state index is 3.52. The van der Waals surface area contributed by atoms with E-state index in [0.29, 0.717) is 0 Å². The van der Waals surface area contributed by atoms with Crippen LogP contribution in [0.5, 0.6) is 0 Å². The molecule has 0 bridgehead atoms. The van der Waals surface area contributed by atoms with Gasteiger partial charge in [0.25, 0.3) is 0 Å². The van der Waals surface area contributed by atoms with E-state index < -0.39 is 0 Å². The van der Waals surface area contributed by atoms with Crippen LogP contribution < -0.4 is 5.32 Å². The van der Waals surface area contributed by atoms with E-state index >= 15 is 0 Å². The summed E-state index contributed by atoms with van der Waals surface area (Å²) in [6, 6.07) is 0. The number of unbranched alkanes of at least 4 members (excludes halogenated alkanes) is 9. The highest BCUT2D eigenvalue weighted by molar-refractivity contribution is 4.68. The maximum Gasteiger partial charge on any atom is -0.00205 e. The average molecular weight is 253 g/mol. The van der Waals surface area contributed by atoms with Crippen molar-refractivity contribution in [2.24, 2.45) is 5.92 Å². The van der Waals surface area contributed by atoms with Gasteiger partial charge in [-0.25, -0.2) is 0 Å². The molecule has 1 aliphatic heterocycles. The van der Waals surface area contributed by atoms with Crippen LogP contribution in [0.1, 0.15) is 90.4 Å². The molecule has 1 rings (SSSR count). The van der Waals surface area contributed by atoms with Gasteiger partial charge in [-0.15, -0.1) is 0 Å². The van der Waals surface area contributed by atoms with Crippen LogP contribution in [0.2, 0.25) is 0 Å². The summed E-state index contributed by atoms with van der Waals surface area (Å²) in [5.41, 5.74) is 0. The molecule has 0 aliphatic carbocycles. The highest BCUT2D eigenvalue weighted by atomic mass is 14.9. The van der Waals surface area contributed by atoms with Gasteiger partial charge >= 0.3 is 0 Å². The van der Waals surface area contributed by atoms with Crippen LogP contribution in [-0.2, 0) is 0 Å². The third kappa shape index (κ3) is 8.97. The highest BCUT2D eigenvalue weighted by Crippen LogP contribution is 2.18. The van der Waals surface area contributed by atoms with E-state index in [1.807, 2.05) is 0 Å². The molecule has 0 aromatic heterocycles. The Kier molecular flexibility index (Phi) is 10.7. The van der Waals surface area contributed by atoms with Gasteiger partial charge in [0.1, 0.15) is 0 Å². The van der Waals surface area contributed by atoms with Gasteiger partial charge in [0, 0.05) is 0 Å². The molecule has 1 nitrogen and oxygen atoms in total. The lowest BCUT2D eigenvalue weighted by molar-refractivity contribution is 0.345. The van der Waals surface area contributed by atoms with E-state index in [2.05, 4.69) is 12.2 Å². The van der Waals surface area contributed by atoms with Crippen molar-refractivity contribution in [2.75, 3.05) is 13.1 Å². The molecule has 1 saturated heterocycles. The first-order chi connectivity index (χ1) is 8.93. The zero-order chi connectivity index (χ0) is 12.9. The van der Waals surface area contributed by atoms with Gasteiger partial charge in [-0.05, 0) is 38.3 Å². The van der Waals surface area contributed by atoms with Crippen molar-refractivity contribution in [3.63, 3.8) is 0 Å². The first kappa shape index (κ1) is 16.0. The highest BCUT2D eigenvalue weighted by Gasteiger charge is 2.11. The predicted octanol–water partition coefficient (Wildman–Crippen LogP) is 5.30. The minimum Gasteiger partial charge on any atom is -0.316 e. The molecule has 0 spiro atoms. The molecule has 1 heterocycles. The van der Waals surface area contributed by atoms with Crippen LogP contribution in [-0.4, -0.2) is 13.1 Å². The van der Waals surface area contributed by atoms with Crippen molar-refractivity contribution in [2.45, 2.75) is 90.4 Å². The molecule has 1 heteroatoms. The van der Waals surface area contributed by atoms with Crippen LogP contribution in [0.15, 0.2) is 0 Å². The smallest absolute Gasteiger partial charge is 0.00205 e. The molecule has 0 aromatic carbocycles. The van der Waals surface area contributed by atoms with Gasteiger partial charge in [-0.3, -0.25) is 0 Å². The monoisotopic (exact) mass is 253 g/mol. The largest absolute Gasteiger partial charge is 0.316 e. The Hall–Kier alpha value is -0.0400. The van der Waals surface area contributed by atoms with E-state index in [9.17, 15) is 0 Å². The van der Waals surface area contributed by atoms with Crippen molar-refractivity contribution in [3.8, 4) is 0 Å². The molecular weight excluding hydrogens is 218 g/mol. The molecule has 1 fully saturated rings. The van der Waals surface area contributed by atoms with Gasteiger partial charge in [0.15, 0.2) is 0 Å². The van der Waals surface area contributed by atoms with Gasteiger partial charge in [0.2, 0.25) is 0 Å². The molecule has 1 unspecified atom stereocenters. The number of nitrogens with one attached hydrogen (secondary N) is 1. The molecule has 0 amide bonds. The summed E-state index contributed by atoms with van der Waals surface area (Å²) in [4.78, 5) is 0. The van der Waals surface area contributed by atoms with Crippen molar-refractivity contribution >= 4 is 0 Å². The zero-order valence-electron chi connectivity index (χ0n) is 12.7. The standard InChI is InChI=1S/C17H35N/c1-2-3-4-5-6-7-8-9-10-11-13-17-14-12-15-18-16-17/h17-18H,2-16H2,1H3. The molecule has 1 N–H and O–H groups in total. The van der Waals surface area contributed by atoms with E-state index in [-0.39, 0.29) is 0 Å². The number of piperidine rings is 1. The van der Waals surface area contributed by atoms with Crippen LogP contribution in [0, 0.1) is 5.92 Å². The summed E-state index contributed by atoms with van der Waals surface area (Å²) in [6.07, 6.45) is 19.0. The zero-order valence-corrected chi connectivity index (χ0v) is 12.7. The second kappa shape index (κ2) is 12.0. The Morgan fingerprint density at radius 3 is 2.00 bits per heavy atom. The van der Waals surface area contributed by atoms with Gasteiger partial charge in [-0.1, -0.05) is 71.1 Å². The number of hydrogen-bond donors (Lipinski definition) is 1. The quantitative estimate of drug-likeness (QED) is 0.493. The summed E-state index contributed by atoms with van der Waals surface area (Å²) in [6.45, 7) is 4.84. The molecule has 108 valence electrons. The number of rotatable bonds is 11. The van der Waals surface area contributed by atoms with Crippen LogP contribution in [0.25, 0.3) is 0 Å². The normalized spacial score (nSPS) is 20.2. The predicted molar refractivity (Wildman–Crippen MR) is 82.1 cm³/mol. The first-order valence-corrected chi connectivity index (χ1v) is 8.64. The average Bonchev–Trinajstić information content (AvgIpc) is 2.42. The fraction of sp³-hybridized carbons (Fsp3) is 1.00. The van der Waals surface area contributed by atoms with Crippen molar-refractivity contribution in [1.29, 1.82) is 0 Å². The molecule has 0 aromatic rings. The van der Waals surface area contributed by atoms with Crippen molar-refractivity contribution in [3.05, 3.63) is 0 Å². The maximum atomic E-state index is 3.52. The van der Waals surface area contributed by atoms with Crippen LogP contribution in [0.3, 0.4) is 0 Å². The van der Waals surface area contributed by atoms with Gasteiger partial charge in [0.05, 0.1) is 0 Å². The molecule has 1 atom stereocenters. The minimum absolute atomic E-state index is 0.993. The van der Waals surface area contributed by atoms with E-state index in [4.69, 9.17) is 0 Å². The Bertz CT molecular complexity index is 161. The van der Waals surface area contributed by atoms with E-state index in [0.717, 1.165) is 5.92 Å². The molecule has 1 aliphatic rings. The minimum atomic E-state index is 0.993. The van der Waals surface area contributed by atoms with E-state index in [1.54, 1.807) is 0 Å². The second-order valence-corrected chi connectivity index (χ2v) is 6.18. The third-order valence-electron chi connectivity index (χ3n) is 4.36. The van der Waals surface area contributed by atoms with Crippen molar-refractivity contribution < 1.29 is 0 Å². The lowest BCUT2D eigenvalue weighted by atomic mass is 9.93. The van der Waals surface area contributed by atoms with Gasteiger partial charge in [-0.2, -0.15) is 0 Å². The first-order valence-electron chi connectivity index (χ1n) is 8.64. The second-order valence-electron chi connectivity index (χ2n) is 6.18. The lowest BCUT2D eigenvalue weighted by Crippen LogP contribution is -2.29. The third-order valence-corrected chi connectivity index (χ3v) is 4.36. The number of hydrogen-bond acceptors (Lipinski definition) is 1. The van der Waals surface area contributed by atoms with Gasteiger partial charge < -0.3 is 5.32 Å². The lowest BCUT2D eigenvalue weighted by Gasteiger charge is -2.22. The molecule has 18 heavy (non-hydrogen) atoms. The molecule has 0 saturated carbocycles. The summed E-state index contributed by atoms with van der Waals surface area (Å²) < 4.78 is 0. The Balaban J connectivity index is 1.73. The molecule has 0 radical (unpaired) electrons. The Morgan fingerprint density at radius 2 is 1.44 bits per heavy atom. The SMILES string of the molecule is CCCCCCCCCCCCC1CCCNC1. The van der Waals surface area contributed by atoms with Crippen LogP contribution >= 0.6 is 0 Å². The summed E-state index contributed by atoms with van der Waals surface area (Å²) in [7, 11) is 0. The molecular formula is C17H35N. The summed E-state index contributed by atoms with van der Waals surface area (Å²) in [5.74, 6) is 0.993. The fourth-order valence-corrected chi connectivity index (χ4v) is 3.09. The fourth-order valence-electron chi connectivity index (χ4n) is 3.09. The summed E-state index contributed by atoms with van der Waals surface area (Å²) in [5, 5.41) is 3.52. The van der Waals surface area contributed by atoms with E-state index in [1.165, 1.54) is 96.6 Å².